The van der Waals surface area contributed by atoms with Gasteiger partial charge < -0.3 is 132 Å². The number of alkyl carbamates (subject to hydrolysis) is 1. The van der Waals surface area contributed by atoms with Gasteiger partial charge in [0.05, 0.1) is 35.3 Å². The van der Waals surface area contributed by atoms with E-state index < -0.39 is 260 Å². The molecule has 8 amide bonds. The predicted octanol–water partition coefficient (Wildman–Crippen LogP) is 6.02. The van der Waals surface area contributed by atoms with Crippen LogP contribution in [-0.2, 0) is 63.8 Å². The van der Waals surface area contributed by atoms with Crippen molar-refractivity contribution in [2.45, 2.75) is 169 Å². The number of phenols is 3. The van der Waals surface area contributed by atoms with Gasteiger partial charge in [-0.2, -0.15) is 0 Å². The number of halogens is 3. The van der Waals surface area contributed by atoms with Crippen molar-refractivity contribution in [3.63, 3.8) is 0 Å². The standard InChI is InChI=1S/C87H88BrCl2N9O26/c1-36(2)23-54(94-86(118)119-35-51-47-11-7-5-9-45(47)46-10-6-8-12-48(46)51)78(110)98-69-71(105)40-16-21-58(52(89)25-40)121-60-27-42-28-61(75(60)125-85-76(74(108)73(107)62(34-100)123-85)124-64-32-87(4,77(109)37(3)120-64)92-33-38-13-18-43(88)19-14-38)122-59-22-17-41(26-53(59)90)72(106)70-83(115)97-68(84(116)117)50-29-44(101)30-57(103)65(50)49-24-39(15-20-56(49)102)66(80(112)99-70)96-81(113)67(42)95-79(111)55(31-63(91)104)93-82(69)114/h5-22,24-30,36-37,51,54-55,62,64,66-74,76-77,85,92,100-103,105-109H,23,31-35H2,1-4H3,(H2,91,104)(H,93,114)(H,94,118)(H,95,111)(H,96,113)(H,97,115)(H,98,110)(H,99,112)(H,116,117)/t37-,54+,55-,62+,64-,66+,67+,68-,69+,70-,71+,72+,73+,74-,76+,77+,85-,87-/m0/s1. The van der Waals surface area contributed by atoms with Crippen molar-refractivity contribution < 1.29 is 127 Å². The Morgan fingerprint density at radius 3 is 1.87 bits per heavy atom. The van der Waals surface area contributed by atoms with Crippen LogP contribution in [0, 0.1) is 5.92 Å². The topological polar surface area (TPSA) is 543 Å². The maximum Gasteiger partial charge on any atom is 0.407 e. The molecule has 125 heavy (non-hydrogen) atoms. The first-order chi connectivity index (χ1) is 59.5. The van der Waals surface area contributed by atoms with Crippen LogP contribution in [-0.4, -0.2) is 197 Å². The number of hydrogen-bond acceptors (Lipinski definition) is 26. The van der Waals surface area contributed by atoms with Gasteiger partial charge in [-0.1, -0.05) is 132 Å². The van der Waals surface area contributed by atoms with Gasteiger partial charge in [-0.15, -0.1) is 0 Å². The highest BCUT2D eigenvalue weighted by Crippen LogP contribution is 2.51. The molecule has 0 spiro atoms. The molecule has 7 heterocycles. The number of carboxylic acid groups (broad SMARTS) is 1. The Kier molecular flexibility index (Phi) is 26.6. The van der Waals surface area contributed by atoms with Gasteiger partial charge in [0.2, 0.25) is 53.4 Å². The largest absolute Gasteiger partial charge is 0.508 e. The fourth-order valence-electron chi connectivity index (χ4n) is 16.2. The summed E-state index contributed by atoms with van der Waals surface area (Å²) in [5.41, 5.74) is 6.01. The zero-order valence-electron chi connectivity index (χ0n) is 66.9. The minimum atomic E-state index is -2.42. The number of phenolic OH excluding ortho intramolecular Hbond substituents is 3. The maximum atomic E-state index is 16.4. The number of fused-ring (bicyclic) bond motifs is 18. The summed E-state index contributed by atoms with van der Waals surface area (Å²) >= 11 is 17.8. The monoisotopic (exact) mass is 1820 g/mol. The van der Waals surface area contributed by atoms with Crippen LogP contribution < -0.4 is 62.5 Å². The Labute approximate surface area is 730 Å². The number of carboxylic acids is 1. The first-order valence-electron chi connectivity index (χ1n) is 39.6. The smallest absolute Gasteiger partial charge is 0.407 e. The number of nitrogens with two attached hydrogens (primary N) is 1. The van der Waals surface area contributed by atoms with Crippen molar-refractivity contribution >= 4 is 92.5 Å². The van der Waals surface area contributed by atoms with Crippen LogP contribution in [0.4, 0.5) is 4.79 Å². The number of amides is 8. The number of aliphatic hydroxyl groups is 6. The van der Waals surface area contributed by atoms with Crippen LogP contribution >= 0.6 is 39.1 Å². The van der Waals surface area contributed by atoms with E-state index in [0.717, 1.165) is 105 Å². The van der Waals surface area contributed by atoms with Crippen molar-refractivity contribution in [2.24, 2.45) is 11.7 Å². The van der Waals surface area contributed by atoms with E-state index in [4.69, 9.17) is 62.1 Å². The number of hydrogen-bond donors (Lipinski definition) is 19. The number of aliphatic hydroxyl groups excluding tert-OH is 6. The van der Waals surface area contributed by atoms with Crippen molar-refractivity contribution in [3.05, 3.63) is 211 Å². The molecule has 0 radical (unpaired) electrons. The number of carbonyl (C=O) groups is 9. The zero-order chi connectivity index (χ0) is 89.5. The Morgan fingerprint density at radius 1 is 0.648 bits per heavy atom. The average molecular weight is 1830 g/mol. The van der Waals surface area contributed by atoms with Gasteiger partial charge in [0.25, 0.3) is 0 Å². The second-order valence-electron chi connectivity index (χ2n) is 31.8. The third-order valence-electron chi connectivity index (χ3n) is 22.6. The van der Waals surface area contributed by atoms with E-state index in [2.05, 4.69) is 58.5 Å². The van der Waals surface area contributed by atoms with Gasteiger partial charge in [0.15, 0.2) is 29.9 Å². The molecule has 11 bridgehead atoms. The lowest BCUT2D eigenvalue weighted by atomic mass is 9.84. The number of nitrogens with one attached hydrogen (secondary N) is 8. The number of benzene rings is 8. The molecule has 8 aromatic carbocycles. The lowest BCUT2D eigenvalue weighted by Crippen LogP contribution is -2.65. The Balaban J connectivity index is 0.915. The molecule has 0 unspecified atom stereocenters. The molecule has 18 atom stereocenters. The van der Waals surface area contributed by atoms with Crippen LogP contribution in [0.15, 0.2) is 156 Å². The fourth-order valence-corrected chi connectivity index (χ4v) is 16.9. The normalized spacial score (nSPS) is 26.3. The fraction of sp³-hybridized carbons (Fsp3) is 0.345. The average Bonchev–Trinajstić information content (AvgIpc) is 1.69. The van der Waals surface area contributed by atoms with E-state index >= 15 is 28.8 Å². The van der Waals surface area contributed by atoms with Gasteiger partial charge in [-0.3, -0.25) is 33.6 Å². The van der Waals surface area contributed by atoms with E-state index in [1.54, 1.807) is 27.7 Å². The summed E-state index contributed by atoms with van der Waals surface area (Å²) in [6.07, 6.45) is -20.4. The van der Waals surface area contributed by atoms with Gasteiger partial charge >= 0.3 is 12.1 Å². The van der Waals surface area contributed by atoms with Crippen molar-refractivity contribution in [2.75, 3.05) is 13.2 Å². The molecular formula is C87H88BrCl2N9O26. The van der Waals surface area contributed by atoms with Crippen LogP contribution in [0.5, 0.6) is 46.0 Å². The SMILES string of the molecule is CC(C)C[C@@H](NC(=O)OCC1c2ccccc2-c2ccccc21)C(=O)N[C@H]1C(=O)N[C@@H](CC(N)=O)C(=O)N[C@H]2C(=O)N[C@H]3C(=O)N[C@H](C(=O)N[C@H](C(=O)O)c4cc(O)cc(O)c4-c4cc3ccc4O)[C@H](O)c3ccc(c(Cl)c3)Oc3cc2cc(c3O[C@@H]2O[C@H](CO)[C@@H](O)[C@H](O)[C@H]2O[C@H]2C[C@](C)(NCc3ccc(Br)cc3)[C@H](O)[C@H](C)O2)Oc2ccc(cc2Cl)[C@H]1O. The number of aliphatic carboxylic acids is 1. The van der Waals surface area contributed by atoms with E-state index in [0.29, 0.717) is 0 Å². The first kappa shape index (κ1) is 89.5. The third kappa shape index (κ3) is 19.1. The summed E-state index contributed by atoms with van der Waals surface area (Å²) in [4.78, 5) is 134. The maximum absolute atomic E-state index is 16.4. The summed E-state index contributed by atoms with van der Waals surface area (Å²) in [6.45, 7) is 5.76. The third-order valence-corrected chi connectivity index (χ3v) is 23.7. The molecule has 20 N–H and O–H groups in total. The number of carbonyl (C=O) groups excluding carboxylic acids is 8. The molecule has 658 valence electrons. The molecule has 16 rings (SSSR count). The highest BCUT2D eigenvalue weighted by Gasteiger charge is 2.53. The molecule has 0 saturated carbocycles. The second kappa shape index (κ2) is 37.2. The highest BCUT2D eigenvalue weighted by molar-refractivity contribution is 9.10. The van der Waals surface area contributed by atoms with Crippen LogP contribution in [0.2, 0.25) is 10.0 Å². The molecule has 0 aromatic heterocycles. The summed E-state index contributed by atoms with van der Waals surface area (Å²) in [7, 11) is 0. The number of aromatic hydroxyl groups is 3. The lowest BCUT2D eigenvalue weighted by molar-refractivity contribution is -0.334. The number of ether oxygens (including phenoxy) is 7. The van der Waals surface area contributed by atoms with Gasteiger partial charge in [-0.05, 0) is 143 Å². The summed E-state index contributed by atoms with van der Waals surface area (Å²) in [5, 5.41) is 137. The zero-order valence-corrected chi connectivity index (χ0v) is 70.0. The second-order valence-corrected chi connectivity index (χ2v) is 33.5. The quantitative estimate of drug-likeness (QED) is 0.0467. The molecule has 8 aromatic rings. The van der Waals surface area contributed by atoms with Crippen LogP contribution in [0.3, 0.4) is 0 Å². The summed E-state index contributed by atoms with van der Waals surface area (Å²) in [6, 6.07) is 20.6. The highest BCUT2D eigenvalue weighted by atomic mass is 79.9. The molecule has 7 aliphatic heterocycles. The van der Waals surface area contributed by atoms with E-state index in [1.165, 1.54) is 6.07 Å². The number of rotatable bonds is 18. The molecule has 35 nitrogen and oxygen atoms in total. The molecule has 8 aliphatic rings. The van der Waals surface area contributed by atoms with E-state index in [1.807, 2.05) is 72.8 Å². The Hall–Kier alpha value is -11.8. The van der Waals surface area contributed by atoms with Crippen LogP contribution in [0.1, 0.15) is 128 Å². The minimum Gasteiger partial charge on any atom is -0.508 e. The molecule has 38 heteroatoms. The Bertz CT molecular complexity index is 5500. The summed E-state index contributed by atoms with van der Waals surface area (Å²) in [5.74, 6) is -17.5. The predicted molar refractivity (Wildman–Crippen MR) is 445 cm³/mol. The number of primary amides is 1. The first-order valence-corrected chi connectivity index (χ1v) is 41.2. The van der Waals surface area contributed by atoms with Gasteiger partial charge in [0, 0.05) is 51.7 Å². The van der Waals surface area contributed by atoms with E-state index in [-0.39, 0.29) is 48.6 Å². The van der Waals surface area contributed by atoms with Crippen molar-refractivity contribution in [1.82, 2.24) is 42.5 Å². The van der Waals surface area contributed by atoms with Crippen molar-refractivity contribution in [3.8, 4) is 68.2 Å². The van der Waals surface area contributed by atoms with E-state index in [9.17, 15) is 65.4 Å². The molecule has 1 aliphatic carbocycles. The lowest BCUT2D eigenvalue weighted by Gasteiger charge is -2.48. The Morgan fingerprint density at radius 2 is 1.26 bits per heavy atom. The molecule has 2 fully saturated rings. The van der Waals surface area contributed by atoms with Crippen molar-refractivity contribution in [1.29, 1.82) is 0 Å². The summed E-state index contributed by atoms with van der Waals surface area (Å²) < 4.78 is 46.1. The van der Waals surface area contributed by atoms with Crippen LogP contribution in [0.25, 0.3) is 22.3 Å². The van der Waals surface area contributed by atoms with Gasteiger partial charge in [0.1, 0.15) is 102 Å². The minimum absolute atomic E-state index is 0.118. The van der Waals surface area contributed by atoms with Gasteiger partial charge in [-0.25, -0.2) is 9.59 Å². The molecular weight excluding hydrogens is 1740 g/mol. The molecule has 2 saturated heterocycles.